The van der Waals surface area contributed by atoms with Crippen molar-refractivity contribution in [2.45, 2.75) is 123 Å². The summed E-state index contributed by atoms with van der Waals surface area (Å²) in [7, 11) is -3.56. The van der Waals surface area contributed by atoms with Gasteiger partial charge in [0.15, 0.2) is 16.6 Å². The second-order valence-corrected chi connectivity index (χ2v) is 20.3. The van der Waals surface area contributed by atoms with Gasteiger partial charge in [0.1, 0.15) is 0 Å². The highest BCUT2D eigenvalue weighted by molar-refractivity contribution is 6.77. The van der Waals surface area contributed by atoms with E-state index in [1.165, 1.54) is 12.1 Å². The van der Waals surface area contributed by atoms with E-state index >= 15 is 0 Å². The van der Waals surface area contributed by atoms with E-state index < -0.39 is 16.6 Å². The maximum Gasteiger partial charge on any atom is 0.198 e. The molecule has 0 amide bonds. The van der Waals surface area contributed by atoms with Gasteiger partial charge in [-0.15, -0.1) is 0 Å². The van der Waals surface area contributed by atoms with Crippen LogP contribution in [0.4, 0.5) is 0 Å². The van der Waals surface area contributed by atoms with Crippen LogP contribution in [0, 0.1) is 0 Å². The highest BCUT2D eigenvalue weighted by Crippen LogP contribution is 2.44. The molecule has 0 aromatic carbocycles. The molecule has 0 aliphatic heterocycles. The molecular formula is C22H48O2Si2. The minimum absolute atomic E-state index is 0.126. The summed E-state index contributed by atoms with van der Waals surface area (Å²) >= 11 is 0. The van der Waals surface area contributed by atoms with E-state index in [2.05, 4.69) is 82.7 Å². The zero-order chi connectivity index (χ0) is 20.8. The van der Waals surface area contributed by atoms with E-state index in [0.717, 1.165) is 30.7 Å². The van der Waals surface area contributed by atoms with Gasteiger partial charge < -0.3 is 8.85 Å². The zero-order valence-corrected chi connectivity index (χ0v) is 21.8. The molecule has 1 atom stereocenters. The number of hydrogen-bond donors (Lipinski definition) is 0. The Morgan fingerprint density at radius 3 is 1.46 bits per heavy atom. The van der Waals surface area contributed by atoms with Crippen LogP contribution in [0.3, 0.4) is 0 Å². The first-order valence-corrected chi connectivity index (χ1v) is 15.4. The Hall–Kier alpha value is 0.0938. The summed E-state index contributed by atoms with van der Waals surface area (Å²) in [4.78, 5) is 0. The van der Waals surface area contributed by atoms with Crippen LogP contribution < -0.4 is 0 Å². The molecule has 0 aromatic heterocycles. The highest BCUT2D eigenvalue weighted by atomic mass is 28.4. The van der Waals surface area contributed by atoms with Crippen LogP contribution in [0.5, 0.6) is 0 Å². The van der Waals surface area contributed by atoms with E-state index in [0.29, 0.717) is 0 Å². The van der Waals surface area contributed by atoms with Crippen LogP contribution in [0.1, 0.15) is 82.6 Å². The molecule has 26 heavy (non-hydrogen) atoms. The van der Waals surface area contributed by atoms with Crippen LogP contribution in [-0.4, -0.2) is 29.3 Å². The van der Waals surface area contributed by atoms with Crippen molar-refractivity contribution >= 4 is 16.6 Å². The Morgan fingerprint density at radius 1 is 0.808 bits per heavy atom. The normalized spacial score (nSPS) is 15.2. The third kappa shape index (κ3) is 6.05. The molecule has 0 bridgehead atoms. The maximum atomic E-state index is 6.90. The van der Waals surface area contributed by atoms with E-state index in [1.54, 1.807) is 0 Å². The standard InChI is InChI=1S/C22H48O2Si2/c1-13-25(14-2,21(7,8)9)23-18-17-20(19(5)6)24-26(15-3,16-4)22(10,11)12/h20H,5,13-18H2,1-4,6-12H3/t20-/m0/s1. The first-order valence-electron chi connectivity index (χ1n) is 10.7. The number of hydrogen-bond acceptors (Lipinski definition) is 2. The first kappa shape index (κ1) is 26.1. The molecule has 0 N–H and O–H groups in total. The van der Waals surface area contributed by atoms with Gasteiger partial charge in [-0.25, -0.2) is 0 Å². The van der Waals surface area contributed by atoms with Crippen LogP contribution in [0.15, 0.2) is 12.2 Å². The predicted octanol–water partition coefficient (Wildman–Crippen LogP) is 7.93. The smallest absolute Gasteiger partial charge is 0.198 e. The molecule has 0 aliphatic rings. The summed E-state index contributed by atoms with van der Waals surface area (Å²) in [6.07, 6.45) is 1.06. The molecule has 0 fully saturated rings. The van der Waals surface area contributed by atoms with Crippen molar-refractivity contribution in [1.82, 2.24) is 0 Å². The van der Waals surface area contributed by atoms with Gasteiger partial charge >= 0.3 is 0 Å². The zero-order valence-electron chi connectivity index (χ0n) is 19.8. The molecule has 0 saturated heterocycles. The quantitative estimate of drug-likeness (QED) is 0.259. The molecule has 0 spiro atoms. The van der Waals surface area contributed by atoms with E-state index in [-0.39, 0.29) is 16.2 Å². The van der Waals surface area contributed by atoms with Gasteiger partial charge in [0.2, 0.25) is 0 Å². The van der Waals surface area contributed by atoms with Gasteiger partial charge in [0.25, 0.3) is 0 Å². The topological polar surface area (TPSA) is 18.5 Å². The highest BCUT2D eigenvalue weighted by Gasteiger charge is 2.46. The average molecular weight is 401 g/mol. The lowest BCUT2D eigenvalue weighted by Gasteiger charge is -2.44. The molecule has 0 aliphatic carbocycles. The summed E-state index contributed by atoms with van der Waals surface area (Å²) < 4.78 is 13.6. The van der Waals surface area contributed by atoms with Gasteiger partial charge in [0.05, 0.1) is 6.10 Å². The van der Waals surface area contributed by atoms with Crippen LogP contribution >= 0.6 is 0 Å². The largest absolute Gasteiger partial charge is 0.416 e. The van der Waals surface area contributed by atoms with Crippen molar-refractivity contribution in [3.63, 3.8) is 0 Å². The molecular weight excluding hydrogens is 352 g/mol. The summed E-state index contributed by atoms with van der Waals surface area (Å²) in [5.74, 6) is 0. The summed E-state index contributed by atoms with van der Waals surface area (Å²) in [5.41, 5.74) is 1.15. The van der Waals surface area contributed by atoms with Crippen LogP contribution in [0.2, 0.25) is 34.3 Å². The lowest BCUT2D eigenvalue weighted by Crippen LogP contribution is -2.49. The van der Waals surface area contributed by atoms with Crippen LogP contribution in [-0.2, 0) is 8.85 Å². The Balaban J connectivity index is 5.25. The van der Waals surface area contributed by atoms with Crippen molar-refractivity contribution in [3.05, 3.63) is 12.2 Å². The van der Waals surface area contributed by atoms with Crippen molar-refractivity contribution in [2.24, 2.45) is 0 Å². The van der Waals surface area contributed by atoms with Crippen molar-refractivity contribution < 1.29 is 8.85 Å². The third-order valence-electron chi connectivity index (χ3n) is 6.69. The fraction of sp³-hybridized carbons (Fsp3) is 0.909. The first-order chi connectivity index (χ1) is 11.8. The molecule has 4 heteroatoms. The average Bonchev–Trinajstić information content (AvgIpc) is 2.52. The lowest BCUT2D eigenvalue weighted by molar-refractivity contribution is 0.162. The monoisotopic (exact) mass is 400 g/mol. The minimum Gasteiger partial charge on any atom is -0.416 e. The summed E-state index contributed by atoms with van der Waals surface area (Å²) in [6, 6.07) is 4.66. The Kier molecular flexibility index (Phi) is 10.1. The Morgan fingerprint density at radius 2 is 1.19 bits per heavy atom. The fourth-order valence-electron chi connectivity index (χ4n) is 4.42. The van der Waals surface area contributed by atoms with Gasteiger partial charge in [-0.1, -0.05) is 81.4 Å². The lowest BCUT2D eigenvalue weighted by atomic mass is 10.1. The van der Waals surface area contributed by atoms with Gasteiger partial charge in [-0.3, -0.25) is 0 Å². The summed E-state index contributed by atoms with van der Waals surface area (Å²) in [5, 5.41) is 0.509. The van der Waals surface area contributed by atoms with Gasteiger partial charge in [-0.05, 0) is 47.6 Å². The molecule has 2 nitrogen and oxygen atoms in total. The molecule has 0 aromatic rings. The SMILES string of the molecule is C=C(C)[C@H](CCO[Si](CC)(CC)C(C)(C)C)O[Si](CC)(CC)C(C)(C)C. The van der Waals surface area contributed by atoms with E-state index in [9.17, 15) is 0 Å². The Labute approximate surface area is 167 Å². The molecule has 0 radical (unpaired) electrons. The molecule has 0 saturated carbocycles. The van der Waals surface area contributed by atoms with E-state index in [1.807, 2.05) is 0 Å². The van der Waals surface area contributed by atoms with Gasteiger partial charge in [0, 0.05) is 6.61 Å². The number of rotatable bonds is 11. The summed E-state index contributed by atoms with van der Waals surface area (Å²) in [6.45, 7) is 30.5. The maximum absolute atomic E-state index is 6.90. The molecule has 156 valence electrons. The van der Waals surface area contributed by atoms with Crippen molar-refractivity contribution in [3.8, 4) is 0 Å². The fourth-order valence-corrected chi connectivity index (χ4v) is 12.6. The molecule has 0 unspecified atom stereocenters. The Bertz CT molecular complexity index is 424. The predicted molar refractivity (Wildman–Crippen MR) is 123 cm³/mol. The third-order valence-corrected chi connectivity index (χ3v) is 18.2. The van der Waals surface area contributed by atoms with Gasteiger partial charge in [-0.2, -0.15) is 0 Å². The minimum atomic E-state index is -1.83. The second kappa shape index (κ2) is 10.0. The second-order valence-electron chi connectivity index (χ2n) is 9.99. The molecule has 0 rings (SSSR count). The van der Waals surface area contributed by atoms with Crippen LogP contribution in [0.25, 0.3) is 0 Å². The van der Waals surface area contributed by atoms with Crippen molar-refractivity contribution in [1.29, 1.82) is 0 Å². The molecule has 0 heterocycles. The van der Waals surface area contributed by atoms with Crippen molar-refractivity contribution in [2.75, 3.05) is 6.61 Å². The van der Waals surface area contributed by atoms with E-state index in [4.69, 9.17) is 8.85 Å².